The van der Waals surface area contributed by atoms with Crippen molar-refractivity contribution in [3.8, 4) is 5.75 Å². The number of nitrogens with zero attached hydrogens (tertiary/aromatic N) is 2. The van der Waals surface area contributed by atoms with Gasteiger partial charge in [0.2, 0.25) is 0 Å². The number of benzene rings is 1. The number of rotatable bonds is 5. The van der Waals surface area contributed by atoms with Gasteiger partial charge in [-0.2, -0.15) is 5.10 Å². The topological polar surface area (TPSA) is 53.1 Å². The van der Waals surface area contributed by atoms with Gasteiger partial charge in [-0.15, -0.1) is 0 Å². The fourth-order valence-corrected chi connectivity index (χ4v) is 2.27. The SMILES string of the molecule is CCC(N)C(Oc1cccc(Br)c1)c1cnn(C)c1. The molecule has 1 aromatic heterocycles. The van der Waals surface area contributed by atoms with Crippen molar-refractivity contribution in [2.45, 2.75) is 25.5 Å². The quantitative estimate of drug-likeness (QED) is 0.920. The minimum absolute atomic E-state index is 0.0665. The lowest BCUT2D eigenvalue weighted by Crippen LogP contribution is -2.31. The van der Waals surface area contributed by atoms with Crippen LogP contribution in [0.5, 0.6) is 5.75 Å². The van der Waals surface area contributed by atoms with Gasteiger partial charge in [0.15, 0.2) is 0 Å². The highest BCUT2D eigenvalue weighted by atomic mass is 79.9. The van der Waals surface area contributed by atoms with Gasteiger partial charge in [-0.1, -0.05) is 28.9 Å². The second kappa shape index (κ2) is 6.21. The Morgan fingerprint density at radius 1 is 1.47 bits per heavy atom. The van der Waals surface area contributed by atoms with Crippen molar-refractivity contribution >= 4 is 15.9 Å². The molecule has 4 nitrogen and oxygen atoms in total. The third kappa shape index (κ3) is 3.58. The summed E-state index contributed by atoms with van der Waals surface area (Å²) in [7, 11) is 1.89. The molecule has 5 heteroatoms. The molecule has 2 N–H and O–H groups in total. The summed E-state index contributed by atoms with van der Waals surface area (Å²) in [5, 5.41) is 4.19. The predicted molar refractivity (Wildman–Crippen MR) is 79.0 cm³/mol. The van der Waals surface area contributed by atoms with E-state index in [0.29, 0.717) is 0 Å². The average Bonchev–Trinajstić information content (AvgIpc) is 2.81. The molecule has 1 heterocycles. The van der Waals surface area contributed by atoms with Crippen LogP contribution in [0.1, 0.15) is 25.0 Å². The summed E-state index contributed by atoms with van der Waals surface area (Å²) >= 11 is 3.44. The van der Waals surface area contributed by atoms with Gasteiger partial charge in [-0.3, -0.25) is 4.68 Å². The van der Waals surface area contributed by atoms with E-state index < -0.39 is 0 Å². The van der Waals surface area contributed by atoms with E-state index in [9.17, 15) is 0 Å². The van der Waals surface area contributed by atoms with E-state index in [1.165, 1.54) is 0 Å². The first-order valence-corrected chi connectivity index (χ1v) is 7.05. The molecule has 0 fully saturated rings. The van der Waals surface area contributed by atoms with Gasteiger partial charge in [-0.25, -0.2) is 0 Å². The Bertz CT molecular complexity index is 541. The Hall–Kier alpha value is -1.33. The molecule has 0 aliphatic rings. The molecule has 1 aromatic carbocycles. The van der Waals surface area contributed by atoms with Gasteiger partial charge in [-0.05, 0) is 24.6 Å². The lowest BCUT2D eigenvalue weighted by atomic mass is 10.0. The first kappa shape index (κ1) is 14.1. The van der Waals surface area contributed by atoms with Gasteiger partial charge >= 0.3 is 0 Å². The van der Waals surface area contributed by atoms with Crippen molar-refractivity contribution in [1.82, 2.24) is 9.78 Å². The van der Waals surface area contributed by atoms with Crippen LogP contribution in [0.4, 0.5) is 0 Å². The Morgan fingerprint density at radius 2 is 2.26 bits per heavy atom. The number of hydrogen-bond acceptors (Lipinski definition) is 3. The van der Waals surface area contributed by atoms with Crippen LogP contribution in [0.25, 0.3) is 0 Å². The van der Waals surface area contributed by atoms with E-state index in [1.54, 1.807) is 10.9 Å². The highest BCUT2D eigenvalue weighted by Gasteiger charge is 2.22. The van der Waals surface area contributed by atoms with Crippen molar-refractivity contribution < 1.29 is 4.74 Å². The molecular weight excluding hydrogens is 306 g/mol. The van der Waals surface area contributed by atoms with Crippen LogP contribution in [-0.2, 0) is 7.05 Å². The zero-order valence-corrected chi connectivity index (χ0v) is 12.7. The van der Waals surface area contributed by atoms with Crippen molar-refractivity contribution in [2.24, 2.45) is 12.8 Å². The molecular formula is C14H18BrN3O. The van der Waals surface area contributed by atoms with E-state index in [2.05, 4.69) is 28.0 Å². The zero-order chi connectivity index (χ0) is 13.8. The summed E-state index contributed by atoms with van der Waals surface area (Å²) in [5.41, 5.74) is 7.17. The van der Waals surface area contributed by atoms with Crippen LogP contribution >= 0.6 is 15.9 Å². The second-order valence-electron chi connectivity index (χ2n) is 4.52. The van der Waals surface area contributed by atoms with E-state index in [-0.39, 0.29) is 12.1 Å². The lowest BCUT2D eigenvalue weighted by molar-refractivity contribution is 0.171. The molecule has 2 aromatic rings. The largest absolute Gasteiger partial charge is 0.484 e. The summed E-state index contributed by atoms with van der Waals surface area (Å²) in [6.07, 6.45) is 4.40. The van der Waals surface area contributed by atoms with E-state index in [1.807, 2.05) is 37.5 Å². The van der Waals surface area contributed by atoms with Crippen molar-refractivity contribution in [1.29, 1.82) is 0 Å². The second-order valence-corrected chi connectivity index (χ2v) is 5.43. The van der Waals surface area contributed by atoms with Crippen molar-refractivity contribution in [3.63, 3.8) is 0 Å². The van der Waals surface area contributed by atoms with Gasteiger partial charge < -0.3 is 10.5 Å². The summed E-state index contributed by atoms with van der Waals surface area (Å²) in [4.78, 5) is 0. The lowest BCUT2D eigenvalue weighted by Gasteiger charge is -2.23. The number of aromatic nitrogens is 2. The fourth-order valence-electron chi connectivity index (χ4n) is 1.89. The van der Waals surface area contributed by atoms with Crippen LogP contribution in [-0.4, -0.2) is 15.8 Å². The summed E-state index contributed by atoms with van der Waals surface area (Å²) in [5.74, 6) is 0.798. The number of hydrogen-bond donors (Lipinski definition) is 1. The monoisotopic (exact) mass is 323 g/mol. The molecule has 0 amide bonds. The Morgan fingerprint density at radius 3 is 2.84 bits per heavy atom. The molecule has 0 saturated heterocycles. The number of halogens is 1. The Kier molecular flexibility index (Phi) is 4.61. The third-order valence-electron chi connectivity index (χ3n) is 2.97. The van der Waals surface area contributed by atoms with Crippen LogP contribution in [0, 0.1) is 0 Å². The molecule has 0 saturated carbocycles. The maximum atomic E-state index is 6.17. The number of nitrogens with two attached hydrogens (primary N) is 1. The highest BCUT2D eigenvalue weighted by Crippen LogP contribution is 2.27. The number of ether oxygens (including phenoxy) is 1. The zero-order valence-electron chi connectivity index (χ0n) is 11.1. The van der Waals surface area contributed by atoms with Gasteiger partial charge in [0.05, 0.1) is 6.20 Å². The van der Waals surface area contributed by atoms with E-state index in [4.69, 9.17) is 10.5 Å². The van der Waals surface area contributed by atoms with Gasteiger partial charge in [0, 0.05) is 29.3 Å². The molecule has 0 radical (unpaired) electrons. The normalized spacial score (nSPS) is 14.1. The fraction of sp³-hybridized carbons (Fsp3) is 0.357. The summed E-state index contributed by atoms with van der Waals surface area (Å²) < 4.78 is 8.78. The van der Waals surface area contributed by atoms with Crippen LogP contribution in [0.15, 0.2) is 41.1 Å². The summed E-state index contributed by atoms with van der Waals surface area (Å²) in [6, 6.07) is 7.70. The van der Waals surface area contributed by atoms with E-state index >= 15 is 0 Å². The first-order valence-electron chi connectivity index (χ1n) is 6.26. The third-order valence-corrected chi connectivity index (χ3v) is 3.47. The molecule has 0 aliphatic carbocycles. The van der Waals surface area contributed by atoms with Gasteiger partial charge in [0.1, 0.15) is 11.9 Å². The van der Waals surface area contributed by atoms with Crippen LogP contribution in [0.2, 0.25) is 0 Å². The highest BCUT2D eigenvalue weighted by molar-refractivity contribution is 9.10. The minimum Gasteiger partial charge on any atom is -0.484 e. The van der Waals surface area contributed by atoms with Crippen LogP contribution < -0.4 is 10.5 Å². The van der Waals surface area contributed by atoms with Crippen molar-refractivity contribution in [2.75, 3.05) is 0 Å². The molecule has 0 bridgehead atoms. The molecule has 0 aliphatic heterocycles. The smallest absolute Gasteiger partial charge is 0.142 e. The minimum atomic E-state index is -0.187. The molecule has 2 unspecified atom stereocenters. The standard InChI is InChI=1S/C14H18BrN3O/c1-3-13(16)14(10-8-17-18(2)9-10)19-12-6-4-5-11(15)7-12/h4-9,13-14H,3,16H2,1-2H3. The molecule has 2 atom stereocenters. The average molecular weight is 324 g/mol. The van der Waals surface area contributed by atoms with Crippen LogP contribution in [0.3, 0.4) is 0 Å². The number of aryl methyl sites for hydroxylation is 1. The summed E-state index contributed by atoms with van der Waals surface area (Å²) in [6.45, 7) is 2.05. The molecule has 2 rings (SSSR count). The molecule has 19 heavy (non-hydrogen) atoms. The Balaban J connectivity index is 2.24. The molecule has 102 valence electrons. The van der Waals surface area contributed by atoms with Gasteiger partial charge in [0.25, 0.3) is 0 Å². The predicted octanol–water partition coefficient (Wildman–Crippen LogP) is 3.04. The maximum absolute atomic E-state index is 6.17. The Labute approximate surface area is 121 Å². The molecule has 0 spiro atoms. The first-order chi connectivity index (χ1) is 9.10. The maximum Gasteiger partial charge on any atom is 0.142 e. The van der Waals surface area contributed by atoms with E-state index in [0.717, 1.165) is 22.2 Å². The van der Waals surface area contributed by atoms with Crippen molar-refractivity contribution in [3.05, 3.63) is 46.7 Å².